The molecule has 0 bridgehead atoms. The Morgan fingerprint density at radius 2 is 0.581 bits per heavy atom. The van der Waals surface area contributed by atoms with Crippen molar-refractivity contribution >= 4 is 102 Å². The molecule has 0 heterocycles. The van der Waals surface area contributed by atoms with E-state index in [9.17, 15) is 29.7 Å². The van der Waals surface area contributed by atoms with Gasteiger partial charge in [-0.05, 0) is 68.7 Å². The summed E-state index contributed by atoms with van der Waals surface area (Å²) in [5.41, 5.74) is 0.0982. The Balaban J connectivity index is 0.000000175. The number of hydrogen-bond donors (Lipinski definition) is 0. The fraction of sp³-hybridized carbons (Fsp3) is 0. The van der Waals surface area contributed by atoms with Crippen LogP contribution in [0.3, 0.4) is 0 Å². The van der Waals surface area contributed by atoms with E-state index in [4.69, 9.17) is 34.8 Å². The Hall–Kier alpha value is -4.09. The maximum absolute atomic E-state index is 10.7. The number of benzene rings is 6. The minimum absolute atomic E-state index is 0. The smallest absolute Gasteiger partial charge is 0.545 e. The van der Waals surface area contributed by atoms with Gasteiger partial charge in [0.25, 0.3) is 0 Å². The van der Waals surface area contributed by atoms with Crippen molar-refractivity contribution in [3.05, 3.63) is 141 Å². The molecule has 0 unspecified atom stereocenters. The number of carboxylic acids is 3. The number of hydrogen-bond acceptors (Lipinski definition) is 6. The Bertz CT molecular complexity index is 1750. The van der Waals surface area contributed by atoms with Gasteiger partial charge in [-0.3, -0.25) is 0 Å². The monoisotopic (exact) mass is 642 g/mol. The van der Waals surface area contributed by atoms with E-state index in [1.165, 1.54) is 18.2 Å². The third-order valence-electron chi connectivity index (χ3n) is 6.17. The summed E-state index contributed by atoms with van der Waals surface area (Å²) in [6.07, 6.45) is 0. The number of carbonyl (C=O) groups is 3. The van der Waals surface area contributed by atoms with Crippen LogP contribution in [-0.2, 0) is 0 Å². The summed E-state index contributed by atoms with van der Waals surface area (Å²) in [6, 6.07) is 31.7. The molecule has 6 aromatic carbocycles. The number of fused-ring (bicyclic) bond motifs is 3. The van der Waals surface area contributed by atoms with Crippen LogP contribution in [0, 0.1) is 0 Å². The van der Waals surface area contributed by atoms with Gasteiger partial charge in [0.05, 0.1) is 33.0 Å². The van der Waals surface area contributed by atoms with Gasteiger partial charge in [-0.2, -0.15) is 0 Å². The summed E-state index contributed by atoms with van der Waals surface area (Å²) in [7, 11) is 0. The molecule has 10 heteroatoms. The molecule has 0 N–H and O–H groups in total. The largest absolute Gasteiger partial charge is 3.00 e. The van der Waals surface area contributed by atoms with Crippen LogP contribution in [0.25, 0.3) is 32.3 Å². The molecule has 0 saturated heterocycles. The summed E-state index contributed by atoms with van der Waals surface area (Å²) in [5, 5.41) is 37.9. The van der Waals surface area contributed by atoms with Crippen molar-refractivity contribution in [3.63, 3.8) is 0 Å². The van der Waals surface area contributed by atoms with Crippen LogP contribution in [0.1, 0.15) is 31.1 Å². The molecular weight excluding hydrogens is 626 g/mol. The van der Waals surface area contributed by atoms with Gasteiger partial charge in [0.2, 0.25) is 0 Å². The second kappa shape index (κ2) is 14.9. The van der Waals surface area contributed by atoms with Gasteiger partial charge in [-0.25, -0.2) is 0 Å². The van der Waals surface area contributed by atoms with Crippen molar-refractivity contribution in [3.8, 4) is 0 Å². The molecule has 0 amide bonds. The van der Waals surface area contributed by atoms with E-state index in [0.717, 1.165) is 32.3 Å². The van der Waals surface area contributed by atoms with Gasteiger partial charge in [0.1, 0.15) is 0 Å². The quantitative estimate of drug-likeness (QED) is 0.245. The second-order valence-corrected chi connectivity index (χ2v) is 10.1. The molecule has 6 nitrogen and oxygen atoms in total. The summed E-state index contributed by atoms with van der Waals surface area (Å²) in [6.45, 7) is 0. The zero-order valence-electron chi connectivity index (χ0n) is 22.1. The molecule has 0 fully saturated rings. The topological polar surface area (TPSA) is 120 Å². The number of carbonyl (C=O) groups excluding carboxylic acids is 3. The normalized spacial score (nSPS) is 10.1. The van der Waals surface area contributed by atoms with E-state index in [2.05, 4.69) is 0 Å². The number of halogens is 3. The van der Waals surface area contributed by atoms with Crippen molar-refractivity contribution in [2.24, 2.45) is 0 Å². The van der Waals surface area contributed by atoms with Crippen molar-refractivity contribution in [2.45, 2.75) is 0 Å². The van der Waals surface area contributed by atoms with Gasteiger partial charge in [0.15, 0.2) is 0 Å². The molecule has 0 atom stereocenters. The van der Waals surface area contributed by atoms with Gasteiger partial charge >= 0.3 is 17.4 Å². The van der Waals surface area contributed by atoms with Crippen molar-refractivity contribution in [1.29, 1.82) is 0 Å². The van der Waals surface area contributed by atoms with Crippen LogP contribution in [0.4, 0.5) is 0 Å². The Kier molecular flexibility index (Phi) is 11.6. The molecule has 210 valence electrons. The Morgan fingerprint density at radius 1 is 0.395 bits per heavy atom. The first-order valence-electron chi connectivity index (χ1n) is 12.2. The number of rotatable bonds is 3. The number of aromatic carboxylic acids is 3. The van der Waals surface area contributed by atoms with Crippen LogP contribution in [0.2, 0.25) is 15.1 Å². The standard InChI is InChI=1S/3C11H7ClO2.Al/c3*12-10-6-8-4-2-1-3-7(8)5-9(10)11(13)14;/h3*1-6H,(H,13,14);/q;;;+3/p-3. The molecule has 6 rings (SSSR count). The summed E-state index contributed by atoms with van der Waals surface area (Å²) in [5.74, 6) is -3.75. The first kappa shape index (κ1) is 33.4. The SMILES string of the molecule is O=C([O-])c1cc2ccccc2cc1Cl.O=C([O-])c1cc2ccccc2cc1Cl.O=C([O-])c1cc2ccccc2cc1Cl.[Al+3]. The predicted molar refractivity (Wildman–Crippen MR) is 166 cm³/mol. The van der Waals surface area contributed by atoms with Crippen LogP contribution >= 0.6 is 34.8 Å². The number of carboxylic acid groups (broad SMARTS) is 3. The third-order valence-corrected chi connectivity index (χ3v) is 7.10. The van der Waals surface area contributed by atoms with Crippen LogP contribution in [0.15, 0.2) is 109 Å². The molecule has 0 spiro atoms. The van der Waals surface area contributed by atoms with Crippen LogP contribution < -0.4 is 15.3 Å². The maximum atomic E-state index is 10.7. The van der Waals surface area contributed by atoms with Crippen molar-refractivity contribution < 1.29 is 29.7 Å². The Morgan fingerprint density at radius 3 is 0.767 bits per heavy atom. The fourth-order valence-electron chi connectivity index (χ4n) is 4.11. The van der Waals surface area contributed by atoms with E-state index in [0.29, 0.717) is 0 Å². The van der Waals surface area contributed by atoms with Crippen LogP contribution in [-0.4, -0.2) is 35.3 Å². The van der Waals surface area contributed by atoms with Crippen LogP contribution in [0.5, 0.6) is 0 Å². The molecule has 43 heavy (non-hydrogen) atoms. The second-order valence-electron chi connectivity index (χ2n) is 8.90. The van der Waals surface area contributed by atoms with Gasteiger partial charge in [-0.1, -0.05) is 108 Å². The molecular formula is C33H18AlCl3O6. The molecule has 0 aliphatic carbocycles. The molecule has 0 saturated carbocycles. The summed E-state index contributed by atoms with van der Waals surface area (Å²) >= 11 is 17.3. The fourth-order valence-corrected chi connectivity index (χ4v) is 4.85. The van der Waals surface area contributed by atoms with E-state index in [-0.39, 0.29) is 49.1 Å². The van der Waals surface area contributed by atoms with E-state index < -0.39 is 17.9 Å². The molecule has 0 radical (unpaired) electrons. The van der Waals surface area contributed by atoms with E-state index in [1.807, 2.05) is 72.8 Å². The van der Waals surface area contributed by atoms with Crippen molar-refractivity contribution in [1.82, 2.24) is 0 Å². The Labute approximate surface area is 271 Å². The predicted octanol–water partition coefficient (Wildman–Crippen LogP) is 5.19. The minimum atomic E-state index is -1.25. The van der Waals surface area contributed by atoms with Crippen molar-refractivity contribution in [2.75, 3.05) is 0 Å². The minimum Gasteiger partial charge on any atom is -0.545 e. The molecule has 6 aromatic rings. The first-order valence-corrected chi connectivity index (χ1v) is 13.4. The zero-order chi connectivity index (χ0) is 30.4. The van der Waals surface area contributed by atoms with Gasteiger partial charge in [-0.15, -0.1) is 0 Å². The summed E-state index contributed by atoms with van der Waals surface area (Å²) in [4.78, 5) is 32.0. The summed E-state index contributed by atoms with van der Waals surface area (Å²) < 4.78 is 0. The van der Waals surface area contributed by atoms with E-state index in [1.54, 1.807) is 18.2 Å². The average molecular weight is 644 g/mol. The average Bonchev–Trinajstić information content (AvgIpc) is 2.96. The molecule has 0 aliphatic rings. The van der Waals surface area contributed by atoms with E-state index >= 15 is 0 Å². The zero-order valence-corrected chi connectivity index (χ0v) is 25.5. The first-order chi connectivity index (χ1) is 20.0. The van der Waals surface area contributed by atoms with Gasteiger partial charge in [0, 0.05) is 16.7 Å². The molecule has 0 aliphatic heterocycles. The maximum Gasteiger partial charge on any atom is 3.00 e. The third kappa shape index (κ3) is 8.27. The molecule has 0 aromatic heterocycles. The van der Waals surface area contributed by atoms with Gasteiger partial charge < -0.3 is 29.7 Å².